The van der Waals surface area contributed by atoms with Crippen LogP contribution in [0.25, 0.3) is 11.4 Å². The summed E-state index contributed by atoms with van der Waals surface area (Å²) >= 11 is 0. The average Bonchev–Trinajstić information content (AvgIpc) is 4.02. The number of halogens is 1. The summed E-state index contributed by atoms with van der Waals surface area (Å²) in [7, 11) is 0. The van der Waals surface area contributed by atoms with E-state index in [0.717, 1.165) is 79.8 Å². The van der Waals surface area contributed by atoms with Crippen molar-refractivity contribution in [2.75, 3.05) is 26.2 Å². The number of carbonyl (C=O) groups excluding carboxylic acids is 3. The number of aromatic nitrogens is 2. The summed E-state index contributed by atoms with van der Waals surface area (Å²) in [6, 6.07) is 7.79. The van der Waals surface area contributed by atoms with Crippen molar-refractivity contribution < 1.29 is 31.9 Å². The number of likely N-dealkylation sites (tertiary alicyclic amines) is 2. The standard InChI is InChI=1S/C19H21N3O2.C18H17N3O2.CH3.ClH.Mg/c1-12(23)16-9-14-13(11-21-16)8-17(24)15(10-20)18(14)22-6-4-19(2-3-19)5-7-22;19-9-15-16(23)7-12-10-20-13(11-22)8-14(12)17(15)21-5-3-18(1-2-18)4-6-21;;;/h9,11-12,23H,2-8H2,1H3;8,10-11H,1-7H2;1H3;1H;/q;;-1;;+2/p-1. The Bertz CT molecular complexity index is 1830. The Morgan fingerprint density at radius 1 is 0.780 bits per heavy atom. The van der Waals surface area contributed by atoms with Crippen LogP contribution in [0, 0.1) is 40.9 Å². The van der Waals surface area contributed by atoms with E-state index < -0.39 is 6.10 Å². The number of hydrogen-bond donors (Lipinski definition) is 1. The third-order valence-electron chi connectivity index (χ3n) is 11.2. The van der Waals surface area contributed by atoms with Gasteiger partial charge in [-0.25, -0.2) is 0 Å². The van der Waals surface area contributed by atoms with Crippen molar-refractivity contribution in [1.82, 2.24) is 19.8 Å². The average molecular weight is 706 g/mol. The fourth-order valence-electron chi connectivity index (χ4n) is 7.72. The van der Waals surface area contributed by atoms with E-state index >= 15 is 0 Å². The molecule has 0 aromatic carbocycles. The van der Waals surface area contributed by atoms with Crippen molar-refractivity contribution in [3.05, 3.63) is 76.7 Å². The molecule has 8 rings (SSSR count). The van der Waals surface area contributed by atoms with E-state index in [1.54, 1.807) is 25.4 Å². The molecule has 2 saturated carbocycles. The van der Waals surface area contributed by atoms with Gasteiger partial charge in [0.05, 0.1) is 23.2 Å². The van der Waals surface area contributed by atoms with Gasteiger partial charge in [0.2, 0.25) is 0 Å². The number of allylic oxidation sites excluding steroid dienone is 2. The minimum Gasteiger partial charge on any atom is -1.00 e. The molecule has 4 fully saturated rings. The molecule has 1 atom stereocenters. The molecule has 1 N–H and O–H groups in total. The first kappa shape index (κ1) is 39.2. The monoisotopic (exact) mass is 704 g/mol. The maximum absolute atomic E-state index is 12.4. The van der Waals surface area contributed by atoms with Gasteiger partial charge in [-0.2, -0.15) is 10.5 Å². The van der Waals surface area contributed by atoms with Crippen LogP contribution in [-0.2, 0) is 22.4 Å². The number of rotatable bonds is 4. The molecule has 0 bridgehead atoms. The normalized spacial score (nSPS) is 21.1. The Morgan fingerprint density at radius 2 is 1.20 bits per heavy atom. The van der Waals surface area contributed by atoms with Crippen LogP contribution < -0.4 is 12.4 Å². The van der Waals surface area contributed by atoms with E-state index in [1.807, 2.05) is 6.07 Å². The van der Waals surface area contributed by atoms with Gasteiger partial charge < -0.3 is 34.7 Å². The third-order valence-corrected chi connectivity index (χ3v) is 11.2. The van der Waals surface area contributed by atoms with Crippen molar-refractivity contribution in [1.29, 1.82) is 10.5 Å². The van der Waals surface area contributed by atoms with Gasteiger partial charge in [0.25, 0.3) is 0 Å². The first-order chi connectivity index (χ1) is 22.7. The first-order valence-electron chi connectivity index (χ1n) is 16.7. The molecule has 10 nitrogen and oxygen atoms in total. The van der Waals surface area contributed by atoms with Gasteiger partial charge in [-0.3, -0.25) is 24.4 Å². The molecule has 2 aromatic rings. The van der Waals surface area contributed by atoms with Crippen LogP contribution in [0.4, 0.5) is 0 Å². The summed E-state index contributed by atoms with van der Waals surface area (Å²) in [5.74, 6) is -0.277. The zero-order valence-electron chi connectivity index (χ0n) is 28.8. The summed E-state index contributed by atoms with van der Waals surface area (Å²) in [6.07, 6.45) is 13.4. The number of nitriles is 2. The second kappa shape index (κ2) is 15.3. The van der Waals surface area contributed by atoms with E-state index in [2.05, 4.69) is 31.9 Å². The van der Waals surface area contributed by atoms with Gasteiger partial charge in [-0.15, -0.1) is 0 Å². The second-order valence-electron chi connectivity index (χ2n) is 14.2. The van der Waals surface area contributed by atoms with E-state index in [0.29, 0.717) is 34.2 Å². The molecular weight excluding hydrogens is 664 g/mol. The summed E-state index contributed by atoms with van der Waals surface area (Å²) < 4.78 is 0. The van der Waals surface area contributed by atoms with Gasteiger partial charge in [-0.1, -0.05) is 0 Å². The summed E-state index contributed by atoms with van der Waals surface area (Å²) in [6.45, 7) is 5.19. The van der Waals surface area contributed by atoms with Crippen molar-refractivity contribution in [2.45, 2.75) is 77.2 Å². The zero-order chi connectivity index (χ0) is 32.9. The number of ketones is 2. The molecule has 50 heavy (non-hydrogen) atoms. The van der Waals surface area contributed by atoms with E-state index in [4.69, 9.17) is 0 Å². The molecule has 2 aliphatic heterocycles. The van der Waals surface area contributed by atoms with Crippen LogP contribution in [0.1, 0.15) is 103 Å². The Hall–Kier alpha value is -3.61. The first-order valence-corrected chi connectivity index (χ1v) is 16.7. The van der Waals surface area contributed by atoms with E-state index in [9.17, 15) is 30.0 Å². The molecule has 12 heteroatoms. The predicted octanol–water partition coefficient (Wildman–Crippen LogP) is 1.57. The second-order valence-corrected chi connectivity index (χ2v) is 14.2. The Kier molecular flexibility index (Phi) is 12.0. The Balaban J connectivity index is 0.000000212. The number of fused-ring (bicyclic) bond motifs is 2. The number of nitrogens with zero attached hydrogens (tertiary/aromatic N) is 6. The quantitative estimate of drug-likeness (QED) is 0.282. The minimum absolute atomic E-state index is 0. The van der Waals surface area contributed by atoms with E-state index in [-0.39, 0.29) is 78.4 Å². The molecule has 4 aliphatic carbocycles. The Labute approximate surface area is 316 Å². The SMILES string of the molecule is CC(O)c1cc2c(cn1)CC(=O)C(C#N)=C2N1CCC2(CC1)CC2.N#CC1=C(N2CCC3(CC2)CC3)c2cc(C=O)ncc2CC1=O.[CH3-].[Cl-].[Mg+2]. The number of aliphatic hydroxyl groups is 1. The fraction of sp³-hybridized carbons (Fsp3) is 0.474. The van der Waals surface area contributed by atoms with Crippen LogP contribution in [0.15, 0.2) is 35.7 Å². The van der Waals surface area contributed by atoms with Crippen LogP contribution in [0.5, 0.6) is 0 Å². The minimum atomic E-state index is -0.671. The number of aldehydes is 1. The van der Waals surface area contributed by atoms with Gasteiger partial charge in [0.1, 0.15) is 29.0 Å². The fourth-order valence-corrected chi connectivity index (χ4v) is 7.72. The molecule has 2 spiro atoms. The van der Waals surface area contributed by atoms with Crippen molar-refractivity contribution in [2.24, 2.45) is 10.8 Å². The number of aliphatic hydroxyl groups excluding tert-OH is 1. The topological polar surface area (TPSA) is 151 Å². The summed E-state index contributed by atoms with van der Waals surface area (Å²) in [5.41, 5.74) is 7.30. The van der Waals surface area contributed by atoms with Gasteiger partial charge >= 0.3 is 23.1 Å². The number of piperidine rings is 2. The van der Waals surface area contributed by atoms with Crippen LogP contribution in [-0.4, -0.2) is 92.0 Å². The number of Topliss-reactive ketones (excluding diaryl/α,β-unsaturated/α-hetero) is 2. The van der Waals surface area contributed by atoms with Gasteiger partial charge in [-0.05, 0) is 92.4 Å². The smallest absolute Gasteiger partial charge is 1.00 e. The molecular formula is C38H41ClMgN6O4. The number of carbonyl (C=O) groups is 3. The van der Waals surface area contributed by atoms with E-state index in [1.165, 1.54) is 25.7 Å². The Morgan fingerprint density at radius 3 is 1.58 bits per heavy atom. The molecule has 256 valence electrons. The molecule has 0 radical (unpaired) electrons. The largest absolute Gasteiger partial charge is 2.00 e. The molecule has 1 unspecified atom stereocenters. The van der Waals surface area contributed by atoms with Gasteiger partial charge in [0.15, 0.2) is 17.9 Å². The van der Waals surface area contributed by atoms with Crippen molar-refractivity contribution in [3.8, 4) is 12.1 Å². The number of pyridine rings is 2. The molecule has 4 heterocycles. The summed E-state index contributed by atoms with van der Waals surface area (Å²) in [5, 5.41) is 28.9. The molecule has 2 aromatic heterocycles. The molecule has 0 amide bonds. The van der Waals surface area contributed by atoms with Gasteiger partial charge in [0, 0.05) is 62.5 Å². The number of hydrogen-bond acceptors (Lipinski definition) is 10. The van der Waals surface area contributed by atoms with Crippen LogP contribution in [0.3, 0.4) is 0 Å². The molecule has 2 saturated heterocycles. The third kappa shape index (κ3) is 7.38. The predicted molar refractivity (Wildman–Crippen MR) is 184 cm³/mol. The van der Waals surface area contributed by atoms with Crippen molar-refractivity contribution in [3.63, 3.8) is 0 Å². The van der Waals surface area contributed by atoms with Crippen LogP contribution in [0.2, 0.25) is 0 Å². The maximum atomic E-state index is 12.4. The van der Waals surface area contributed by atoms with Crippen LogP contribution >= 0.6 is 0 Å². The molecule has 6 aliphatic rings. The zero-order valence-corrected chi connectivity index (χ0v) is 31.0. The maximum Gasteiger partial charge on any atom is 2.00 e. The summed E-state index contributed by atoms with van der Waals surface area (Å²) in [4.78, 5) is 48.5. The van der Waals surface area contributed by atoms with Crippen molar-refractivity contribution >= 4 is 52.3 Å².